The molecule has 2 aliphatic rings. The van der Waals surface area contributed by atoms with Crippen molar-refractivity contribution < 1.29 is 9.90 Å². The lowest BCUT2D eigenvalue weighted by molar-refractivity contribution is -0.132. The number of aliphatic hydroxyl groups is 1. The van der Waals surface area contributed by atoms with Crippen molar-refractivity contribution in [2.24, 2.45) is 5.92 Å². The maximum absolute atomic E-state index is 12.2. The quantitative estimate of drug-likeness (QED) is 0.803. The van der Waals surface area contributed by atoms with Crippen LogP contribution < -0.4 is 0 Å². The molecule has 1 N–H and O–H groups in total. The van der Waals surface area contributed by atoms with Crippen molar-refractivity contribution in [1.82, 2.24) is 4.90 Å². The monoisotopic (exact) mass is 239 g/mol. The lowest BCUT2D eigenvalue weighted by Gasteiger charge is -2.23. The summed E-state index contributed by atoms with van der Waals surface area (Å²) in [6, 6.07) is 0. The SMILES string of the molecule is CC1(O)CCCN(C(=O)CC2CCCC2)CC1. The van der Waals surface area contributed by atoms with Gasteiger partial charge in [-0.05, 0) is 44.9 Å². The molecule has 0 spiro atoms. The molecule has 0 aromatic heterocycles. The molecule has 0 radical (unpaired) electrons. The van der Waals surface area contributed by atoms with E-state index in [0.29, 0.717) is 11.8 Å². The predicted octanol–water partition coefficient (Wildman–Crippen LogP) is 2.33. The van der Waals surface area contributed by atoms with Gasteiger partial charge in [-0.15, -0.1) is 0 Å². The molecule has 1 saturated heterocycles. The Morgan fingerprint density at radius 1 is 1.24 bits per heavy atom. The maximum Gasteiger partial charge on any atom is 0.222 e. The number of nitrogens with zero attached hydrogens (tertiary/aromatic N) is 1. The molecule has 0 bridgehead atoms. The summed E-state index contributed by atoms with van der Waals surface area (Å²) in [5.74, 6) is 0.945. The van der Waals surface area contributed by atoms with Crippen LogP contribution in [0, 0.1) is 5.92 Å². The smallest absolute Gasteiger partial charge is 0.222 e. The molecule has 3 nitrogen and oxygen atoms in total. The van der Waals surface area contributed by atoms with E-state index in [9.17, 15) is 9.90 Å². The molecule has 98 valence electrons. The predicted molar refractivity (Wildman–Crippen MR) is 67.6 cm³/mol. The van der Waals surface area contributed by atoms with Gasteiger partial charge in [-0.3, -0.25) is 4.79 Å². The molecule has 2 rings (SSSR count). The second-order valence-corrected chi connectivity index (χ2v) is 6.09. The normalized spacial score (nSPS) is 31.5. The third kappa shape index (κ3) is 3.70. The first-order valence-corrected chi connectivity index (χ1v) is 7.07. The minimum atomic E-state index is -0.567. The third-order valence-corrected chi connectivity index (χ3v) is 4.35. The van der Waals surface area contributed by atoms with Crippen LogP contribution in [0.4, 0.5) is 0 Å². The minimum Gasteiger partial charge on any atom is -0.390 e. The highest BCUT2D eigenvalue weighted by Gasteiger charge is 2.28. The molecule has 3 heteroatoms. The first-order chi connectivity index (χ1) is 8.07. The fraction of sp³-hybridized carbons (Fsp3) is 0.929. The molecular weight excluding hydrogens is 214 g/mol. The molecule has 1 aliphatic carbocycles. The Morgan fingerprint density at radius 3 is 2.65 bits per heavy atom. The number of likely N-dealkylation sites (tertiary alicyclic amines) is 1. The Morgan fingerprint density at radius 2 is 1.94 bits per heavy atom. The maximum atomic E-state index is 12.2. The van der Waals surface area contributed by atoms with Gasteiger partial charge in [0.15, 0.2) is 0 Å². The van der Waals surface area contributed by atoms with Gasteiger partial charge in [0.05, 0.1) is 5.60 Å². The van der Waals surface area contributed by atoms with E-state index in [2.05, 4.69) is 0 Å². The topological polar surface area (TPSA) is 40.5 Å². The van der Waals surface area contributed by atoms with Crippen molar-refractivity contribution in [2.45, 2.75) is 63.9 Å². The van der Waals surface area contributed by atoms with Crippen LogP contribution in [0.1, 0.15) is 58.3 Å². The summed E-state index contributed by atoms with van der Waals surface area (Å²) in [5, 5.41) is 10.0. The number of carbonyl (C=O) groups is 1. The zero-order valence-corrected chi connectivity index (χ0v) is 11.0. The fourth-order valence-electron chi connectivity index (χ4n) is 3.10. The second-order valence-electron chi connectivity index (χ2n) is 6.09. The van der Waals surface area contributed by atoms with Crippen LogP contribution in [0.2, 0.25) is 0 Å². The van der Waals surface area contributed by atoms with Gasteiger partial charge in [0.25, 0.3) is 0 Å². The van der Waals surface area contributed by atoms with E-state index >= 15 is 0 Å². The van der Waals surface area contributed by atoms with E-state index < -0.39 is 5.60 Å². The van der Waals surface area contributed by atoms with Crippen LogP contribution in [-0.4, -0.2) is 34.6 Å². The Bertz CT molecular complexity index is 269. The number of rotatable bonds is 2. The zero-order chi connectivity index (χ0) is 12.3. The van der Waals surface area contributed by atoms with E-state index in [0.717, 1.165) is 38.8 Å². The summed E-state index contributed by atoms with van der Waals surface area (Å²) >= 11 is 0. The second kappa shape index (κ2) is 5.38. The molecule has 0 aromatic carbocycles. The van der Waals surface area contributed by atoms with E-state index in [1.165, 1.54) is 25.7 Å². The van der Waals surface area contributed by atoms with Crippen molar-refractivity contribution in [2.75, 3.05) is 13.1 Å². The van der Waals surface area contributed by atoms with Gasteiger partial charge in [0.2, 0.25) is 5.91 Å². The van der Waals surface area contributed by atoms with Crippen LogP contribution >= 0.6 is 0 Å². The van der Waals surface area contributed by atoms with Crippen molar-refractivity contribution in [3.05, 3.63) is 0 Å². The van der Waals surface area contributed by atoms with Crippen molar-refractivity contribution >= 4 is 5.91 Å². The lowest BCUT2D eigenvalue weighted by atomic mass is 9.98. The highest BCUT2D eigenvalue weighted by molar-refractivity contribution is 5.76. The molecule has 17 heavy (non-hydrogen) atoms. The van der Waals surface area contributed by atoms with Crippen molar-refractivity contribution in [1.29, 1.82) is 0 Å². The third-order valence-electron chi connectivity index (χ3n) is 4.35. The summed E-state index contributed by atoms with van der Waals surface area (Å²) < 4.78 is 0. The van der Waals surface area contributed by atoms with Crippen molar-refractivity contribution in [3.63, 3.8) is 0 Å². The molecule has 1 saturated carbocycles. The van der Waals surface area contributed by atoms with Crippen molar-refractivity contribution in [3.8, 4) is 0 Å². The summed E-state index contributed by atoms with van der Waals surface area (Å²) in [6.45, 7) is 3.46. The first-order valence-electron chi connectivity index (χ1n) is 7.07. The summed E-state index contributed by atoms with van der Waals surface area (Å²) in [5.41, 5.74) is -0.567. The Kier molecular flexibility index (Phi) is 4.08. The van der Waals surface area contributed by atoms with E-state index in [1.54, 1.807) is 0 Å². The first kappa shape index (κ1) is 12.9. The van der Waals surface area contributed by atoms with Crippen LogP contribution in [0.25, 0.3) is 0 Å². The van der Waals surface area contributed by atoms with Crippen LogP contribution in [0.15, 0.2) is 0 Å². The van der Waals surface area contributed by atoms with Crippen LogP contribution in [0.3, 0.4) is 0 Å². The van der Waals surface area contributed by atoms with Gasteiger partial charge >= 0.3 is 0 Å². The Hall–Kier alpha value is -0.570. The summed E-state index contributed by atoms with van der Waals surface area (Å²) in [4.78, 5) is 14.1. The number of amides is 1. The average molecular weight is 239 g/mol. The van der Waals surface area contributed by atoms with Crippen LogP contribution in [-0.2, 0) is 4.79 Å². The van der Waals surface area contributed by atoms with Gasteiger partial charge in [-0.25, -0.2) is 0 Å². The molecule has 1 atom stereocenters. The number of carbonyl (C=O) groups excluding carboxylic acids is 1. The standard InChI is InChI=1S/C14H25NO2/c1-14(17)7-4-9-15(10-8-14)13(16)11-12-5-2-3-6-12/h12,17H,2-11H2,1H3. The number of hydrogen-bond donors (Lipinski definition) is 1. The molecule has 0 aromatic rings. The van der Waals surface area contributed by atoms with E-state index in [4.69, 9.17) is 0 Å². The average Bonchev–Trinajstić information content (AvgIpc) is 2.68. The molecule has 1 heterocycles. The molecule has 1 unspecified atom stereocenters. The van der Waals surface area contributed by atoms with Gasteiger partial charge in [0, 0.05) is 19.5 Å². The molecular formula is C14H25NO2. The van der Waals surface area contributed by atoms with E-state index in [1.807, 2.05) is 11.8 Å². The zero-order valence-electron chi connectivity index (χ0n) is 11.0. The molecule has 1 aliphatic heterocycles. The summed E-state index contributed by atoms with van der Waals surface area (Å²) in [6.07, 6.45) is 8.28. The highest BCUT2D eigenvalue weighted by atomic mass is 16.3. The van der Waals surface area contributed by atoms with Gasteiger partial charge < -0.3 is 10.0 Å². The number of hydrogen-bond acceptors (Lipinski definition) is 2. The van der Waals surface area contributed by atoms with Gasteiger partial charge in [-0.1, -0.05) is 12.8 Å². The molecule has 1 amide bonds. The Labute approximate surface area is 104 Å². The lowest BCUT2D eigenvalue weighted by Crippen LogP contribution is -2.34. The summed E-state index contributed by atoms with van der Waals surface area (Å²) in [7, 11) is 0. The minimum absolute atomic E-state index is 0.314. The molecule has 2 fully saturated rings. The largest absolute Gasteiger partial charge is 0.390 e. The van der Waals surface area contributed by atoms with Gasteiger partial charge in [-0.2, -0.15) is 0 Å². The van der Waals surface area contributed by atoms with E-state index in [-0.39, 0.29) is 0 Å². The fourth-order valence-corrected chi connectivity index (χ4v) is 3.10. The van der Waals surface area contributed by atoms with Gasteiger partial charge in [0.1, 0.15) is 0 Å². The highest BCUT2D eigenvalue weighted by Crippen LogP contribution is 2.29. The Balaban J connectivity index is 1.82. The van der Waals surface area contributed by atoms with Crippen LogP contribution in [0.5, 0.6) is 0 Å².